The maximum atomic E-state index is 13.4. The van der Waals surface area contributed by atoms with Crippen LogP contribution < -0.4 is 5.32 Å². The van der Waals surface area contributed by atoms with Crippen molar-refractivity contribution in [2.45, 2.75) is 12.8 Å². The van der Waals surface area contributed by atoms with Gasteiger partial charge < -0.3 is 9.73 Å². The van der Waals surface area contributed by atoms with Gasteiger partial charge in [-0.2, -0.15) is 0 Å². The summed E-state index contributed by atoms with van der Waals surface area (Å²) >= 11 is 0. The lowest BCUT2D eigenvalue weighted by Crippen LogP contribution is -2.10. The molecule has 2 aromatic rings. The molecule has 1 N–H and O–H groups in total. The van der Waals surface area contributed by atoms with E-state index in [0.717, 1.165) is 25.9 Å². The van der Waals surface area contributed by atoms with E-state index in [4.69, 9.17) is 4.42 Å². The highest BCUT2D eigenvalue weighted by molar-refractivity contribution is 5.72. The molecule has 16 heavy (non-hydrogen) atoms. The Labute approximate surface area is 92.7 Å². The van der Waals surface area contributed by atoms with Crippen LogP contribution >= 0.6 is 0 Å². The molecule has 84 valence electrons. The molecule has 1 unspecified atom stereocenters. The second kappa shape index (κ2) is 3.87. The molecule has 1 saturated heterocycles. The van der Waals surface area contributed by atoms with E-state index in [0.29, 0.717) is 17.3 Å². The van der Waals surface area contributed by atoms with Gasteiger partial charge in [0.15, 0.2) is 17.3 Å². The first-order valence-corrected chi connectivity index (χ1v) is 5.57. The molecular formula is C12H13FN2O. The molecule has 1 fully saturated rings. The number of benzene rings is 1. The number of hydrogen-bond donors (Lipinski definition) is 1. The van der Waals surface area contributed by atoms with Crippen LogP contribution in [-0.4, -0.2) is 18.1 Å². The van der Waals surface area contributed by atoms with Crippen LogP contribution in [0.5, 0.6) is 0 Å². The summed E-state index contributed by atoms with van der Waals surface area (Å²) in [5, 5.41) is 3.29. The van der Waals surface area contributed by atoms with Gasteiger partial charge in [0.2, 0.25) is 0 Å². The molecule has 3 rings (SSSR count). The Morgan fingerprint density at radius 2 is 2.44 bits per heavy atom. The molecule has 1 aliphatic rings. The minimum Gasteiger partial charge on any atom is -0.438 e. The second-order valence-corrected chi connectivity index (χ2v) is 4.26. The molecule has 0 bridgehead atoms. The summed E-state index contributed by atoms with van der Waals surface area (Å²) in [7, 11) is 0. The number of hydrogen-bond acceptors (Lipinski definition) is 3. The lowest BCUT2D eigenvalue weighted by atomic mass is 10.1. The third-order valence-electron chi connectivity index (χ3n) is 3.04. The molecule has 4 heteroatoms. The highest BCUT2D eigenvalue weighted by atomic mass is 19.1. The molecule has 0 radical (unpaired) electrons. The summed E-state index contributed by atoms with van der Waals surface area (Å²) in [6.45, 7) is 2.06. The van der Waals surface area contributed by atoms with Crippen LogP contribution in [0.4, 0.5) is 4.39 Å². The Balaban J connectivity index is 1.90. The Kier molecular flexibility index (Phi) is 2.36. The number of para-hydroxylation sites is 1. The van der Waals surface area contributed by atoms with Gasteiger partial charge in [-0.25, -0.2) is 9.37 Å². The quantitative estimate of drug-likeness (QED) is 0.842. The van der Waals surface area contributed by atoms with Crippen molar-refractivity contribution in [1.82, 2.24) is 10.3 Å². The fourth-order valence-corrected chi connectivity index (χ4v) is 2.18. The number of halogens is 1. The van der Waals surface area contributed by atoms with Gasteiger partial charge in [0, 0.05) is 6.42 Å². The highest BCUT2D eigenvalue weighted by Crippen LogP contribution is 2.21. The van der Waals surface area contributed by atoms with Crippen LogP contribution in [0.1, 0.15) is 12.3 Å². The summed E-state index contributed by atoms with van der Waals surface area (Å²) in [4.78, 5) is 4.30. The van der Waals surface area contributed by atoms with Gasteiger partial charge in [-0.3, -0.25) is 0 Å². The van der Waals surface area contributed by atoms with Crippen LogP contribution in [0.15, 0.2) is 22.6 Å². The normalized spacial score (nSPS) is 20.7. The van der Waals surface area contributed by atoms with Gasteiger partial charge in [-0.05, 0) is 37.6 Å². The molecule has 1 atom stereocenters. The monoisotopic (exact) mass is 220 g/mol. The average molecular weight is 220 g/mol. The second-order valence-electron chi connectivity index (χ2n) is 4.26. The number of nitrogens with zero attached hydrogens (tertiary/aromatic N) is 1. The minimum absolute atomic E-state index is 0.281. The lowest BCUT2D eigenvalue weighted by Gasteiger charge is -2.02. The van der Waals surface area contributed by atoms with Gasteiger partial charge in [0.1, 0.15) is 5.52 Å². The summed E-state index contributed by atoms with van der Waals surface area (Å²) in [6, 6.07) is 4.83. The van der Waals surface area contributed by atoms with Gasteiger partial charge in [-0.15, -0.1) is 0 Å². The number of fused-ring (bicyclic) bond motifs is 1. The summed E-state index contributed by atoms with van der Waals surface area (Å²) in [5.74, 6) is 0.880. The van der Waals surface area contributed by atoms with Crippen molar-refractivity contribution in [2.75, 3.05) is 13.1 Å². The first-order valence-electron chi connectivity index (χ1n) is 5.57. The molecule has 2 heterocycles. The maximum Gasteiger partial charge on any atom is 0.195 e. The SMILES string of the molecule is Fc1cccc2nc(CC3CCNC3)oc12. The zero-order chi connectivity index (χ0) is 11.0. The first kappa shape index (κ1) is 9.78. The number of oxazole rings is 1. The maximum absolute atomic E-state index is 13.4. The third kappa shape index (κ3) is 1.69. The smallest absolute Gasteiger partial charge is 0.195 e. The summed E-state index contributed by atoms with van der Waals surface area (Å²) in [5.41, 5.74) is 0.893. The van der Waals surface area contributed by atoms with Crippen LogP contribution in [-0.2, 0) is 6.42 Å². The summed E-state index contributed by atoms with van der Waals surface area (Å²) in [6.07, 6.45) is 1.93. The van der Waals surface area contributed by atoms with Crippen LogP contribution in [0.25, 0.3) is 11.1 Å². The Hall–Kier alpha value is -1.42. The highest BCUT2D eigenvalue weighted by Gasteiger charge is 2.18. The predicted octanol–water partition coefficient (Wildman–Crippen LogP) is 2.12. The Morgan fingerprint density at radius 1 is 1.50 bits per heavy atom. The van der Waals surface area contributed by atoms with E-state index in [9.17, 15) is 4.39 Å². The average Bonchev–Trinajstić information content (AvgIpc) is 2.88. The summed E-state index contributed by atoms with van der Waals surface area (Å²) < 4.78 is 18.8. The molecule has 0 amide bonds. The van der Waals surface area contributed by atoms with Crippen LogP contribution in [0.2, 0.25) is 0 Å². The molecule has 1 aromatic carbocycles. The van der Waals surface area contributed by atoms with Crippen molar-refractivity contribution in [3.63, 3.8) is 0 Å². The van der Waals surface area contributed by atoms with Crippen molar-refractivity contribution >= 4 is 11.1 Å². The topological polar surface area (TPSA) is 38.1 Å². The molecule has 1 aromatic heterocycles. The fourth-order valence-electron chi connectivity index (χ4n) is 2.18. The minimum atomic E-state index is -0.333. The van der Waals surface area contributed by atoms with Crippen molar-refractivity contribution in [3.05, 3.63) is 29.9 Å². The Bertz CT molecular complexity index is 503. The molecule has 0 aliphatic carbocycles. The van der Waals surface area contributed by atoms with E-state index >= 15 is 0 Å². The van der Waals surface area contributed by atoms with E-state index in [-0.39, 0.29) is 11.4 Å². The Morgan fingerprint density at radius 3 is 3.19 bits per heavy atom. The van der Waals surface area contributed by atoms with Crippen molar-refractivity contribution in [3.8, 4) is 0 Å². The van der Waals surface area contributed by atoms with Gasteiger partial charge in [0.05, 0.1) is 0 Å². The van der Waals surface area contributed by atoms with E-state index in [1.165, 1.54) is 6.07 Å². The van der Waals surface area contributed by atoms with Crippen LogP contribution in [0.3, 0.4) is 0 Å². The van der Waals surface area contributed by atoms with Crippen molar-refractivity contribution < 1.29 is 8.81 Å². The van der Waals surface area contributed by atoms with Crippen LogP contribution in [0, 0.1) is 11.7 Å². The van der Waals surface area contributed by atoms with Crippen molar-refractivity contribution in [2.24, 2.45) is 5.92 Å². The van der Waals surface area contributed by atoms with Gasteiger partial charge >= 0.3 is 0 Å². The standard InChI is InChI=1S/C12H13FN2O/c13-9-2-1-3-10-12(9)16-11(15-10)6-8-4-5-14-7-8/h1-3,8,14H,4-7H2. The first-order chi connectivity index (χ1) is 7.83. The largest absolute Gasteiger partial charge is 0.438 e. The fraction of sp³-hybridized carbons (Fsp3) is 0.417. The molecule has 1 aliphatic heterocycles. The molecule has 0 spiro atoms. The lowest BCUT2D eigenvalue weighted by molar-refractivity contribution is 0.453. The van der Waals surface area contributed by atoms with E-state index in [1.807, 2.05) is 0 Å². The van der Waals surface area contributed by atoms with E-state index in [2.05, 4.69) is 10.3 Å². The third-order valence-corrected chi connectivity index (χ3v) is 3.04. The predicted molar refractivity (Wildman–Crippen MR) is 58.6 cm³/mol. The number of rotatable bonds is 2. The molecule has 0 saturated carbocycles. The zero-order valence-electron chi connectivity index (χ0n) is 8.87. The van der Waals surface area contributed by atoms with E-state index < -0.39 is 0 Å². The van der Waals surface area contributed by atoms with Crippen molar-refractivity contribution in [1.29, 1.82) is 0 Å². The number of nitrogens with one attached hydrogen (secondary N) is 1. The van der Waals surface area contributed by atoms with Gasteiger partial charge in [0.25, 0.3) is 0 Å². The van der Waals surface area contributed by atoms with E-state index in [1.54, 1.807) is 12.1 Å². The number of aromatic nitrogens is 1. The molecule has 3 nitrogen and oxygen atoms in total. The zero-order valence-corrected chi connectivity index (χ0v) is 8.87. The van der Waals surface area contributed by atoms with Gasteiger partial charge in [-0.1, -0.05) is 6.07 Å². The molecular weight excluding hydrogens is 207 g/mol.